The molecule has 0 amide bonds. The van der Waals surface area contributed by atoms with Gasteiger partial charge in [0, 0.05) is 12.3 Å². The van der Waals surface area contributed by atoms with Crippen molar-refractivity contribution < 1.29 is 20.1 Å². The third-order valence-electron chi connectivity index (χ3n) is 4.26. The van der Waals surface area contributed by atoms with Crippen LogP contribution in [0.3, 0.4) is 0 Å². The minimum Gasteiger partial charge on any atom is -0.489 e. The SMILES string of the molecule is OCc1nc2c(OC[C@H]3CCCCC3(O)O)c(Cl)c(Cl)cc2[nH]1. The molecular formula is C15H18Cl2N2O4. The molecule has 0 bridgehead atoms. The largest absolute Gasteiger partial charge is 0.489 e. The molecule has 4 N–H and O–H groups in total. The number of imidazole rings is 1. The number of H-pyrrole nitrogens is 1. The number of halogens is 2. The maximum Gasteiger partial charge on any atom is 0.168 e. The third kappa shape index (κ3) is 3.27. The fourth-order valence-corrected chi connectivity index (χ4v) is 3.33. The molecule has 3 rings (SSSR count). The predicted molar refractivity (Wildman–Crippen MR) is 86.7 cm³/mol. The van der Waals surface area contributed by atoms with Gasteiger partial charge in [0.2, 0.25) is 0 Å². The van der Waals surface area contributed by atoms with Crippen LogP contribution in [0.4, 0.5) is 0 Å². The third-order valence-corrected chi connectivity index (χ3v) is 5.03. The molecule has 1 aromatic heterocycles. The van der Waals surface area contributed by atoms with Crippen LogP contribution < -0.4 is 4.74 Å². The Morgan fingerprint density at radius 3 is 2.83 bits per heavy atom. The summed E-state index contributed by atoms with van der Waals surface area (Å²) in [7, 11) is 0. The number of nitrogens with one attached hydrogen (secondary N) is 1. The smallest absolute Gasteiger partial charge is 0.168 e. The molecule has 2 aromatic rings. The van der Waals surface area contributed by atoms with Crippen LogP contribution in [0.2, 0.25) is 10.0 Å². The van der Waals surface area contributed by atoms with Gasteiger partial charge in [-0.2, -0.15) is 0 Å². The van der Waals surface area contributed by atoms with Crippen LogP contribution >= 0.6 is 23.2 Å². The van der Waals surface area contributed by atoms with Crippen LogP contribution in [0.5, 0.6) is 5.75 Å². The van der Waals surface area contributed by atoms with Gasteiger partial charge in [-0.1, -0.05) is 29.6 Å². The van der Waals surface area contributed by atoms with E-state index in [9.17, 15) is 15.3 Å². The summed E-state index contributed by atoms with van der Waals surface area (Å²) in [6.45, 7) is -0.147. The lowest BCUT2D eigenvalue weighted by atomic mass is 9.84. The average molecular weight is 361 g/mol. The number of ether oxygens (including phenoxy) is 1. The van der Waals surface area contributed by atoms with Gasteiger partial charge >= 0.3 is 0 Å². The highest BCUT2D eigenvalue weighted by Gasteiger charge is 2.37. The van der Waals surface area contributed by atoms with E-state index in [1.54, 1.807) is 6.07 Å². The molecule has 1 aliphatic carbocycles. The first-order chi connectivity index (χ1) is 10.9. The number of rotatable bonds is 4. The molecule has 126 valence electrons. The molecule has 0 aliphatic heterocycles. The lowest BCUT2D eigenvalue weighted by Crippen LogP contribution is -2.43. The first-order valence-corrected chi connectivity index (χ1v) is 8.23. The molecule has 1 aromatic carbocycles. The molecule has 1 atom stereocenters. The van der Waals surface area contributed by atoms with Gasteiger partial charge < -0.3 is 25.0 Å². The van der Waals surface area contributed by atoms with Gasteiger partial charge in [-0.3, -0.25) is 0 Å². The summed E-state index contributed by atoms with van der Waals surface area (Å²) in [6, 6.07) is 1.61. The molecule has 6 nitrogen and oxygen atoms in total. The van der Waals surface area contributed by atoms with Crippen LogP contribution in [0.15, 0.2) is 6.07 Å². The summed E-state index contributed by atoms with van der Waals surface area (Å²) in [6.07, 6.45) is 2.70. The zero-order valence-electron chi connectivity index (χ0n) is 12.4. The van der Waals surface area contributed by atoms with Gasteiger partial charge in [-0.05, 0) is 18.9 Å². The predicted octanol–water partition coefficient (Wildman–Crippen LogP) is 2.61. The lowest BCUT2D eigenvalue weighted by Gasteiger charge is -2.35. The standard InChI is InChI=1S/C15H18Cl2N2O4/c16-9-5-10-13(19-11(6-20)18-10)14(12(9)17)23-7-8-3-1-2-4-15(8,21)22/h5,8,20-22H,1-4,6-7H2,(H,18,19)/t8-/m1/s1. The highest BCUT2D eigenvalue weighted by molar-refractivity contribution is 6.44. The number of hydrogen-bond acceptors (Lipinski definition) is 5. The van der Waals surface area contributed by atoms with Crippen molar-refractivity contribution in [3.63, 3.8) is 0 Å². The summed E-state index contributed by atoms with van der Waals surface area (Å²) in [5, 5.41) is 29.8. The number of fused-ring (bicyclic) bond motifs is 1. The highest BCUT2D eigenvalue weighted by atomic mass is 35.5. The Balaban J connectivity index is 1.89. The van der Waals surface area contributed by atoms with Gasteiger partial charge in [-0.15, -0.1) is 0 Å². The molecule has 23 heavy (non-hydrogen) atoms. The number of nitrogens with zero attached hydrogens (tertiary/aromatic N) is 1. The maximum atomic E-state index is 10.1. The van der Waals surface area contributed by atoms with E-state index in [-0.39, 0.29) is 24.0 Å². The van der Waals surface area contributed by atoms with Crippen LogP contribution in [-0.2, 0) is 6.61 Å². The summed E-state index contributed by atoms with van der Waals surface area (Å²) < 4.78 is 5.76. The Labute approximate surface area is 143 Å². The molecule has 0 saturated heterocycles. The second-order valence-corrected chi connectivity index (χ2v) is 6.66. The Bertz CT molecular complexity index is 717. The zero-order chi connectivity index (χ0) is 16.6. The Morgan fingerprint density at radius 1 is 1.35 bits per heavy atom. The molecule has 0 spiro atoms. The van der Waals surface area contributed by atoms with Crippen LogP contribution in [0.25, 0.3) is 11.0 Å². The van der Waals surface area contributed by atoms with E-state index in [0.29, 0.717) is 34.7 Å². The first kappa shape index (κ1) is 16.8. The second-order valence-electron chi connectivity index (χ2n) is 5.87. The van der Waals surface area contributed by atoms with Crippen molar-refractivity contribution in [1.82, 2.24) is 9.97 Å². The van der Waals surface area contributed by atoms with Gasteiger partial charge in [0.1, 0.15) is 23.0 Å². The van der Waals surface area contributed by atoms with Gasteiger partial charge in [0.05, 0.1) is 17.1 Å². The fraction of sp³-hybridized carbons (Fsp3) is 0.533. The van der Waals surface area contributed by atoms with E-state index in [1.165, 1.54) is 0 Å². The molecule has 0 radical (unpaired) electrons. The van der Waals surface area contributed by atoms with Crippen molar-refractivity contribution >= 4 is 34.2 Å². The normalized spacial score (nSPS) is 20.8. The van der Waals surface area contributed by atoms with Gasteiger partial charge in [0.25, 0.3) is 0 Å². The molecule has 8 heteroatoms. The number of benzene rings is 1. The van der Waals surface area contributed by atoms with E-state index < -0.39 is 11.7 Å². The van der Waals surface area contributed by atoms with E-state index in [4.69, 9.17) is 27.9 Å². The number of hydrogen-bond donors (Lipinski definition) is 4. The van der Waals surface area contributed by atoms with Crippen LogP contribution in [-0.4, -0.2) is 37.7 Å². The number of aromatic nitrogens is 2. The summed E-state index contributed by atoms with van der Waals surface area (Å²) in [4.78, 5) is 7.16. The summed E-state index contributed by atoms with van der Waals surface area (Å²) >= 11 is 12.3. The minimum absolute atomic E-state index is 0.101. The van der Waals surface area contributed by atoms with Crippen molar-refractivity contribution in [2.24, 2.45) is 5.92 Å². The van der Waals surface area contributed by atoms with Crippen molar-refractivity contribution in [2.45, 2.75) is 38.1 Å². The first-order valence-electron chi connectivity index (χ1n) is 7.47. The number of aromatic amines is 1. The molecule has 1 saturated carbocycles. The zero-order valence-corrected chi connectivity index (χ0v) is 13.9. The molecule has 1 fully saturated rings. The van der Waals surface area contributed by atoms with E-state index in [1.807, 2.05) is 0 Å². The minimum atomic E-state index is -1.73. The Kier molecular flexibility index (Phi) is 4.71. The van der Waals surface area contributed by atoms with Crippen molar-refractivity contribution in [3.8, 4) is 5.75 Å². The molecular weight excluding hydrogens is 343 g/mol. The average Bonchev–Trinajstić information content (AvgIpc) is 2.91. The summed E-state index contributed by atoms with van der Waals surface area (Å²) in [5.41, 5.74) is 1.06. The highest BCUT2D eigenvalue weighted by Crippen LogP contribution is 2.39. The second kappa shape index (κ2) is 6.45. The lowest BCUT2D eigenvalue weighted by molar-refractivity contribution is -0.222. The quantitative estimate of drug-likeness (QED) is 0.628. The number of aliphatic hydroxyl groups excluding tert-OH is 1. The Morgan fingerprint density at radius 2 is 2.13 bits per heavy atom. The van der Waals surface area contributed by atoms with Crippen molar-refractivity contribution in [3.05, 3.63) is 21.9 Å². The van der Waals surface area contributed by atoms with Gasteiger partial charge in [0.15, 0.2) is 11.5 Å². The van der Waals surface area contributed by atoms with Gasteiger partial charge in [-0.25, -0.2) is 4.98 Å². The molecule has 1 heterocycles. The van der Waals surface area contributed by atoms with E-state index >= 15 is 0 Å². The molecule has 1 aliphatic rings. The maximum absolute atomic E-state index is 10.1. The fourth-order valence-electron chi connectivity index (χ4n) is 2.94. The van der Waals surface area contributed by atoms with E-state index in [0.717, 1.165) is 12.8 Å². The van der Waals surface area contributed by atoms with Crippen LogP contribution in [0, 0.1) is 5.92 Å². The molecule has 0 unspecified atom stereocenters. The van der Waals surface area contributed by atoms with E-state index in [2.05, 4.69) is 9.97 Å². The van der Waals surface area contributed by atoms with Crippen molar-refractivity contribution in [2.75, 3.05) is 6.61 Å². The monoisotopic (exact) mass is 360 g/mol. The number of aliphatic hydroxyl groups is 3. The summed E-state index contributed by atoms with van der Waals surface area (Å²) in [5.74, 6) is -1.48. The Hall–Kier alpha value is -1.05. The topological polar surface area (TPSA) is 98.6 Å². The van der Waals surface area contributed by atoms with Crippen molar-refractivity contribution in [1.29, 1.82) is 0 Å². The van der Waals surface area contributed by atoms with Crippen LogP contribution in [0.1, 0.15) is 31.5 Å².